The van der Waals surface area contributed by atoms with Gasteiger partial charge in [0.15, 0.2) is 0 Å². The van der Waals surface area contributed by atoms with Crippen molar-refractivity contribution in [2.75, 3.05) is 10.8 Å². The van der Waals surface area contributed by atoms with Gasteiger partial charge in [0, 0.05) is 15.7 Å². The number of carbonyl (C=O) groups is 1. The van der Waals surface area contributed by atoms with Crippen molar-refractivity contribution >= 4 is 49.9 Å². The monoisotopic (exact) mass is 461 g/mol. The number of primary amides is 1. The van der Waals surface area contributed by atoms with Crippen molar-refractivity contribution < 1.29 is 18.1 Å². The van der Waals surface area contributed by atoms with Crippen LogP contribution < -0.4 is 10.0 Å². The fourth-order valence-corrected chi connectivity index (χ4v) is 3.78. The summed E-state index contributed by atoms with van der Waals surface area (Å²) in [4.78, 5) is 21.2. The number of nitro benzene ring substituents is 1. The highest BCUT2D eigenvalue weighted by atomic mass is 127. The van der Waals surface area contributed by atoms with Gasteiger partial charge in [0.2, 0.25) is 5.91 Å². The molecule has 0 saturated heterocycles. The maximum Gasteiger partial charge on any atom is 0.270 e. The van der Waals surface area contributed by atoms with Gasteiger partial charge in [0.25, 0.3) is 15.7 Å². The van der Waals surface area contributed by atoms with E-state index >= 15 is 0 Å². The van der Waals surface area contributed by atoms with Crippen molar-refractivity contribution in [3.05, 3.63) is 62.2 Å². The minimum atomic E-state index is -4.19. The molecule has 24 heavy (non-hydrogen) atoms. The predicted molar refractivity (Wildman–Crippen MR) is 96.0 cm³/mol. The molecule has 0 aliphatic rings. The van der Waals surface area contributed by atoms with Gasteiger partial charge in [-0.05, 0) is 52.9 Å². The van der Waals surface area contributed by atoms with Gasteiger partial charge in [-0.1, -0.05) is 6.07 Å². The minimum Gasteiger partial charge on any atom is -0.368 e. The number of rotatable bonds is 6. The smallest absolute Gasteiger partial charge is 0.270 e. The third kappa shape index (κ3) is 4.00. The van der Waals surface area contributed by atoms with Gasteiger partial charge >= 0.3 is 0 Å². The third-order valence-corrected chi connectivity index (χ3v) is 5.52. The topological polar surface area (TPSA) is 124 Å². The van der Waals surface area contributed by atoms with Crippen LogP contribution in [0.3, 0.4) is 0 Å². The van der Waals surface area contributed by atoms with Crippen LogP contribution in [0.4, 0.5) is 11.4 Å². The largest absolute Gasteiger partial charge is 0.368 e. The summed E-state index contributed by atoms with van der Waals surface area (Å²) in [5.74, 6) is -0.845. The highest BCUT2D eigenvalue weighted by Gasteiger charge is 2.27. The maximum atomic E-state index is 12.8. The first-order chi connectivity index (χ1) is 11.2. The normalized spacial score (nSPS) is 11.0. The lowest BCUT2D eigenvalue weighted by Gasteiger charge is -2.23. The number of hydrogen-bond acceptors (Lipinski definition) is 5. The minimum absolute atomic E-state index is 0.237. The van der Waals surface area contributed by atoms with Crippen molar-refractivity contribution in [1.29, 1.82) is 0 Å². The van der Waals surface area contributed by atoms with E-state index in [9.17, 15) is 23.3 Å². The van der Waals surface area contributed by atoms with Crippen LogP contribution in [0, 0.1) is 13.7 Å². The fraction of sp³-hybridized carbons (Fsp3) is 0.0714. The Labute approximate surface area is 151 Å². The highest BCUT2D eigenvalue weighted by Crippen LogP contribution is 2.26. The summed E-state index contributed by atoms with van der Waals surface area (Å²) in [6, 6.07) is 11.0. The number of halogens is 1. The van der Waals surface area contributed by atoms with Crippen LogP contribution in [0.5, 0.6) is 0 Å². The SMILES string of the molecule is NC(=O)CN(c1ccc(I)cc1)S(=O)(=O)c1cccc([N+](=O)[O-])c1. The molecule has 0 atom stereocenters. The molecular formula is C14H12IN3O5S. The molecule has 0 aliphatic carbocycles. The number of carbonyl (C=O) groups excluding carboxylic acids is 1. The van der Waals surface area contributed by atoms with Crippen molar-refractivity contribution in [1.82, 2.24) is 0 Å². The average Bonchev–Trinajstić information content (AvgIpc) is 2.53. The molecule has 2 aromatic carbocycles. The maximum absolute atomic E-state index is 12.8. The Hall–Kier alpha value is -2.21. The molecule has 0 heterocycles. The number of nitrogens with two attached hydrogens (primary N) is 1. The van der Waals surface area contributed by atoms with Crippen molar-refractivity contribution in [3.63, 3.8) is 0 Å². The van der Waals surface area contributed by atoms with E-state index in [1.165, 1.54) is 30.3 Å². The summed E-state index contributed by atoms with van der Waals surface area (Å²) >= 11 is 2.05. The number of hydrogen-bond donors (Lipinski definition) is 1. The zero-order valence-electron chi connectivity index (χ0n) is 12.1. The molecular weight excluding hydrogens is 449 g/mol. The number of amides is 1. The van der Waals surface area contributed by atoms with Crippen LogP contribution in [0.15, 0.2) is 53.4 Å². The molecule has 2 rings (SSSR count). The number of anilines is 1. The molecule has 8 nitrogen and oxygen atoms in total. The van der Waals surface area contributed by atoms with Gasteiger partial charge in [0.1, 0.15) is 6.54 Å². The molecule has 2 aromatic rings. The second kappa shape index (κ2) is 7.13. The Balaban J connectivity index is 2.55. The van der Waals surface area contributed by atoms with Gasteiger partial charge in [-0.2, -0.15) is 0 Å². The van der Waals surface area contributed by atoms with E-state index in [0.717, 1.165) is 13.9 Å². The first-order valence-electron chi connectivity index (χ1n) is 6.53. The molecule has 10 heteroatoms. The number of non-ortho nitro benzene ring substituents is 1. The standard InChI is InChI=1S/C14H12IN3O5S/c15-10-4-6-11(7-5-10)17(9-14(16)19)24(22,23)13-3-1-2-12(8-13)18(20)21/h1-8H,9H2,(H2,16,19). The van der Waals surface area contributed by atoms with Gasteiger partial charge in [-0.15, -0.1) is 0 Å². The molecule has 0 aliphatic heterocycles. The summed E-state index contributed by atoms with van der Waals surface area (Å²) in [6.45, 7) is -0.578. The van der Waals surface area contributed by atoms with Crippen molar-refractivity contribution in [3.8, 4) is 0 Å². The molecule has 0 aromatic heterocycles. The van der Waals surface area contributed by atoms with Crippen LogP contribution >= 0.6 is 22.6 Å². The summed E-state index contributed by atoms with van der Waals surface area (Å²) < 4.78 is 27.3. The molecule has 0 saturated carbocycles. The summed E-state index contributed by atoms with van der Waals surface area (Å²) in [5, 5.41) is 10.9. The average molecular weight is 461 g/mol. The molecule has 0 bridgehead atoms. The Morgan fingerprint density at radius 1 is 1.21 bits per heavy atom. The third-order valence-electron chi connectivity index (χ3n) is 3.03. The second-order valence-electron chi connectivity index (χ2n) is 4.71. The van der Waals surface area contributed by atoms with Crippen LogP contribution in [0.25, 0.3) is 0 Å². The first-order valence-corrected chi connectivity index (χ1v) is 9.05. The number of nitrogens with zero attached hydrogens (tertiary/aromatic N) is 2. The zero-order valence-corrected chi connectivity index (χ0v) is 15.1. The molecule has 2 N–H and O–H groups in total. The van der Waals surface area contributed by atoms with Crippen LogP contribution in [0.1, 0.15) is 0 Å². The lowest BCUT2D eigenvalue weighted by molar-refractivity contribution is -0.385. The summed E-state index contributed by atoms with van der Waals surface area (Å²) in [5.41, 5.74) is 5.03. The summed E-state index contributed by atoms with van der Waals surface area (Å²) in [7, 11) is -4.19. The molecule has 0 fully saturated rings. The number of sulfonamides is 1. The molecule has 0 radical (unpaired) electrons. The predicted octanol–water partition coefficient (Wildman–Crippen LogP) is 1.88. The van der Waals surface area contributed by atoms with E-state index < -0.39 is 27.4 Å². The van der Waals surface area contributed by atoms with E-state index in [2.05, 4.69) is 22.6 Å². The second-order valence-corrected chi connectivity index (χ2v) is 7.82. The van der Waals surface area contributed by atoms with E-state index in [-0.39, 0.29) is 16.3 Å². The first kappa shape index (κ1) is 18.1. The van der Waals surface area contributed by atoms with Crippen LogP contribution in [-0.2, 0) is 14.8 Å². The number of nitro groups is 1. The Kier molecular flexibility index (Phi) is 5.39. The summed E-state index contributed by atoms with van der Waals surface area (Å²) in [6.07, 6.45) is 0. The van der Waals surface area contributed by atoms with E-state index in [4.69, 9.17) is 5.73 Å². The van der Waals surface area contributed by atoms with Gasteiger partial charge in [0.05, 0.1) is 15.5 Å². The van der Waals surface area contributed by atoms with E-state index in [0.29, 0.717) is 0 Å². The van der Waals surface area contributed by atoms with Gasteiger partial charge < -0.3 is 5.73 Å². The lowest BCUT2D eigenvalue weighted by Crippen LogP contribution is -2.38. The van der Waals surface area contributed by atoms with Gasteiger partial charge in [-0.25, -0.2) is 8.42 Å². The van der Waals surface area contributed by atoms with E-state index in [1.54, 1.807) is 12.1 Å². The van der Waals surface area contributed by atoms with Crippen LogP contribution in [-0.4, -0.2) is 25.8 Å². The Morgan fingerprint density at radius 2 is 1.83 bits per heavy atom. The quantitative estimate of drug-likeness (QED) is 0.400. The fourth-order valence-electron chi connectivity index (χ4n) is 1.95. The molecule has 126 valence electrons. The lowest BCUT2D eigenvalue weighted by atomic mass is 10.3. The Morgan fingerprint density at radius 3 is 2.38 bits per heavy atom. The molecule has 1 amide bonds. The Bertz CT molecular complexity index is 884. The van der Waals surface area contributed by atoms with Crippen molar-refractivity contribution in [2.45, 2.75) is 4.90 Å². The van der Waals surface area contributed by atoms with Gasteiger partial charge in [-0.3, -0.25) is 19.2 Å². The zero-order chi connectivity index (χ0) is 17.9. The number of benzene rings is 2. The van der Waals surface area contributed by atoms with Crippen molar-refractivity contribution in [2.24, 2.45) is 5.73 Å². The van der Waals surface area contributed by atoms with E-state index in [1.807, 2.05) is 0 Å². The van der Waals surface area contributed by atoms with Crippen LogP contribution in [0.2, 0.25) is 0 Å². The highest BCUT2D eigenvalue weighted by molar-refractivity contribution is 14.1. The molecule has 0 unspecified atom stereocenters. The molecule has 0 spiro atoms.